The van der Waals surface area contributed by atoms with Gasteiger partial charge in [-0.25, -0.2) is 10.0 Å². The first-order valence-corrected chi connectivity index (χ1v) is 12.2. The summed E-state index contributed by atoms with van der Waals surface area (Å²) in [6.45, 7) is 2.99. The Hall–Kier alpha value is -3.59. The van der Waals surface area contributed by atoms with Gasteiger partial charge in [-0.2, -0.15) is 0 Å². The fraction of sp³-hybridized carbons (Fsp3) is 0.423. The number of carbonyl (C=O) groups is 2. The first-order chi connectivity index (χ1) is 17.1. The zero-order valence-electron chi connectivity index (χ0n) is 19.9. The molecule has 0 spiro atoms. The van der Waals surface area contributed by atoms with Gasteiger partial charge >= 0.3 is 5.97 Å². The van der Waals surface area contributed by atoms with Gasteiger partial charge in [0.2, 0.25) is 5.91 Å². The summed E-state index contributed by atoms with van der Waals surface area (Å²) in [6, 6.07) is 15.2. The number of ether oxygens (including phenoxy) is 2. The number of esters is 1. The Morgan fingerprint density at radius 3 is 2.66 bits per heavy atom. The predicted octanol–water partition coefficient (Wildman–Crippen LogP) is 2.87. The van der Waals surface area contributed by atoms with Crippen molar-refractivity contribution in [2.75, 3.05) is 26.2 Å². The van der Waals surface area contributed by atoms with Crippen molar-refractivity contribution in [1.29, 1.82) is 0 Å². The van der Waals surface area contributed by atoms with E-state index in [0.717, 1.165) is 42.7 Å². The molecule has 35 heavy (non-hydrogen) atoms. The van der Waals surface area contributed by atoms with Crippen LogP contribution in [0.15, 0.2) is 53.5 Å². The molecule has 1 saturated heterocycles. The standard InChI is InChI=1S/C26H33N5O4/c27-26-28-23-16-22(34-15-7-10-24(32)29-31-13-5-2-6-14-31)12-11-21(23)17-30(26)18-25(33)35-19-20-8-3-1-4-9-20/h1,3-4,8-9,11-12,16H,2,5-7,10,13-15,17-19H2,(H2,27,28)(H,29,32). The number of hydrogen-bond donors (Lipinski definition) is 2. The van der Waals surface area contributed by atoms with Gasteiger partial charge in [0.1, 0.15) is 18.9 Å². The van der Waals surface area contributed by atoms with Gasteiger partial charge in [0.15, 0.2) is 5.96 Å². The molecule has 0 saturated carbocycles. The molecular weight excluding hydrogens is 446 g/mol. The van der Waals surface area contributed by atoms with Crippen LogP contribution in [0.5, 0.6) is 5.75 Å². The molecule has 3 N–H and O–H groups in total. The molecule has 1 fully saturated rings. The van der Waals surface area contributed by atoms with Crippen molar-refractivity contribution in [2.24, 2.45) is 10.7 Å². The summed E-state index contributed by atoms with van der Waals surface area (Å²) in [5.74, 6) is 0.605. The topological polar surface area (TPSA) is 109 Å². The number of amides is 1. The van der Waals surface area contributed by atoms with Crippen LogP contribution in [-0.2, 0) is 27.5 Å². The maximum Gasteiger partial charge on any atom is 0.325 e. The SMILES string of the molecule is NC1=Nc2cc(OCCCC(=O)NN3CCCCC3)ccc2CN1CC(=O)OCc1ccccc1. The van der Waals surface area contributed by atoms with Gasteiger partial charge in [-0.3, -0.25) is 15.0 Å². The second-order valence-corrected chi connectivity index (χ2v) is 8.80. The van der Waals surface area contributed by atoms with Crippen molar-refractivity contribution >= 4 is 23.5 Å². The number of nitrogens with two attached hydrogens (primary N) is 1. The Kier molecular flexibility index (Phi) is 8.56. The highest BCUT2D eigenvalue weighted by molar-refractivity contribution is 5.87. The van der Waals surface area contributed by atoms with Crippen LogP contribution in [0.4, 0.5) is 5.69 Å². The largest absolute Gasteiger partial charge is 0.494 e. The summed E-state index contributed by atoms with van der Waals surface area (Å²) in [7, 11) is 0. The fourth-order valence-corrected chi connectivity index (χ4v) is 4.09. The number of rotatable bonds is 10. The van der Waals surface area contributed by atoms with E-state index in [2.05, 4.69) is 10.4 Å². The molecule has 2 aliphatic heterocycles. The number of piperidine rings is 1. The molecule has 2 aromatic rings. The Labute approximate surface area is 205 Å². The van der Waals surface area contributed by atoms with Gasteiger partial charge in [0.25, 0.3) is 0 Å². The van der Waals surface area contributed by atoms with Crippen LogP contribution in [0.1, 0.15) is 43.2 Å². The van der Waals surface area contributed by atoms with Crippen molar-refractivity contribution in [1.82, 2.24) is 15.3 Å². The number of aliphatic imine (C=N–C) groups is 1. The van der Waals surface area contributed by atoms with E-state index in [9.17, 15) is 9.59 Å². The number of guanidine groups is 1. The van der Waals surface area contributed by atoms with Crippen LogP contribution in [-0.4, -0.2) is 54.0 Å². The molecule has 0 aromatic heterocycles. The smallest absolute Gasteiger partial charge is 0.325 e. The second kappa shape index (κ2) is 12.2. The highest BCUT2D eigenvalue weighted by Gasteiger charge is 2.21. The van der Waals surface area contributed by atoms with E-state index in [-0.39, 0.29) is 31.0 Å². The van der Waals surface area contributed by atoms with E-state index >= 15 is 0 Å². The van der Waals surface area contributed by atoms with Gasteiger partial charge in [0, 0.05) is 32.1 Å². The minimum absolute atomic E-state index is 0.0271. The van der Waals surface area contributed by atoms with Crippen molar-refractivity contribution in [2.45, 2.75) is 45.3 Å². The molecule has 2 aromatic carbocycles. The summed E-state index contributed by atoms with van der Waals surface area (Å²) in [5, 5.41) is 2.00. The maximum absolute atomic E-state index is 12.3. The lowest BCUT2D eigenvalue weighted by Crippen LogP contribution is -2.45. The quantitative estimate of drug-likeness (QED) is 0.398. The number of nitrogens with one attached hydrogen (secondary N) is 1. The van der Waals surface area contributed by atoms with Crippen LogP contribution >= 0.6 is 0 Å². The van der Waals surface area contributed by atoms with Crippen molar-refractivity contribution < 1.29 is 19.1 Å². The number of fused-ring (bicyclic) bond motifs is 1. The van der Waals surface area contributed by atoms with Crippen LogP contribution in [0.3, 0.4) is 0 Å². The molecule has 186 valence electrons. The Morgan fingerprint density at radius 1 is 1.06 bits per heavy atom. The third kappa shape index (κ3) is 7.45. The maximum atomic E-state index is 12.3. The normalized spacial score (nSPS) is 15.7. The zero-order chi connectivity index (χ0) is 24.5. The van der Waals surface area contributed by atoms with E-state index in [1.165, 1.54) is 6.42 Å². The molecule has 9 heteroatoms. The highest BCUT2D eigenvalue weighted by atomic mass is 16.5. The molecule has 1 amide bonds. The molecule has 9 nitrogen and oxygen atoms in total. The number of hydrazine groups is 1. The lowest BCUT2D eigenvalue weighted by Gasteiger charge is -2.27. The Bertz CT molecular complexity index is 1040. The average molecular weight is 480 g/mol. The number of hydrogen-bond acceptors (Lipinski definition) is 8. The fourth-order valence-electron chi connectivity index (χ4n) is 4.09. The van der Waals surface area contributed by atoms with E-state index in [1.807, 2.05) is 53.5 Å². The molecule has 4 rings (SSSR count). The molecule has 0 aliphatic carbocycles. The zero-order valence-corrected chi connectivity index (χ0v) is 19.9. The molecule has 0 radical (unpaired) electrons. The van der Waals surface area contributed by atoms with Crippen LogP contribution in [0.2, 0.25) is 0 Å². The van der Waals surface area contributed by atoms with Gasteiger partial charge in [-0.15, -0.1) is 0 Å². The second-order valence-electron chi connectivity index (χ2n) is 8.80. The Balaban J connectivity index is 1.20. The monoisotopic (exact) mass is 479 g/mol. The summed E-state index contributed by atoms with van der Waals surface area (Å²) >= 11 is 0. The van der Waals surface area contributed by atoms with Crippen molar-refractivity contribution in [3.8, 4) is 5.75 Å². The van der Waals surface area contributed by atoms with E-state index in [1.54, 1.807) is 4.90 Å². The van der Waals surface area contributed by atoms with Crippen LogP contribution in [0.25, 0.3) is 0 Å². The number of nitrogens with zero attached hydrogens (tertiary/aromatic N) is 3. The van der Waals surface area contributed by atoms with Crippen LogP contribution < -0.4 is 15.9 Å². The summed E-state index contributed by atoms with van der Waals surface area (Å²) in [5.41, 5.74) is 11.7. The minimum atomic E-state index is -0.361. The van der Waals surface area contributed by atoms with E-state index < -0.39 is 0 Å². The van der Waals surface area contributed by atoms with Crippen LogP contribution in [0, 0.1) is 0 Å². The summed E-state index contributed by atoms with van der Waals surface area (Å²) in [6.07, 6.45) is 4.54. The third-order valence-corrected chi connectivity index (χ3v) is 6.00. The predicted molar refractivity (Wildman–Crippen MR) is 133 cm³/mol. The van der Waals surface area contributed by atoms with Gasteiger partial charge in [-0.1, -0.05) is 42.8 Å². The van der Waals surface area contributed by atoms with Crippen molar-refractivity contribution in [3.05, 3.63) is 59.7 Å². The van der Waals surface area contributed by atoms with Crippen molar-refractivity contribution in [3.63, 3.8) is 0 Å². The summed E-state index contributed by atoms with van der Waals surface area (Å²) < 4.78 is 11.2. The average Bonchev–Trinajstić information content (AvgIpc) is 2.87. The number of carbonyl (C=O) groups excluding carboxylic acids is 2. The first kappa shape index (κ1) is 24.5. The molecule has 2 heterocycles. The van der Waals surface area contributed by atoms with Gasteiger partial charge in [0.05, 0.1) is 12.3 Å². The minimum Gasteiger partial charge on any atom is -0.494 e. The van der Waals surface area contributed by atoms with Gasteiger partial charge in [-0.05, 0) is 36.5 Å². The molecule has 2 aliphatic rings. The van der Waals surface area contributed by atoms with E-state index in [4.69, 9.17) is 15.2 Å². The highest BCUT2D eigenvalue weighted by Crippen LogP contribution is 2.29. The third-order valence-electron chi connectivity index (χ3n) is 6.00. The number of benzene rings is 2. The first-order valence-electron chi connectivity index (χ1n) is 12.2. The Morgan fingerprint density at radius 2 is 1.86 bits per heavy atom. The van der Waals surface area contributed by atoms with Gasteiger partial charge < -0.3 is 20.1 Å². The van der Waals surface area contributed by atoms with E-state index in [0.29, 0.717) is 31.7 Å². The lowest BCUT2D eigenvalue weighted by atomic mass is 10.1. The molecule has 0 atom stereocenters. The summed E-state index contributed by atoms with van der Waals surface area (Å²) in [4.78, 5) is 30.5. The molecule has 0 bridgehead atoms. The molecule has 0 unspecified atom stereocenters. The lowest BCUT2D eigenvalue weighted by molar-refractivity contribution is -0.145. The molecular formula is C26H33N5O4.